The van der Waals surface area contributed by atoms with Gasteiger partial charge in [-0.2, -0.15) is 0 Å². The molecule has 0 radical (unpaired) electrons. The molecular weight excluding hydrogens is 780 g/mol. The van der Waals surface area contributed by atoms with Crippen LogP contribution in [0.3, 0.4) is 0 Å². The number of carboxylic acid groups (broad SMARTS) is 1. The molecule has 2 rings (SSSR count). The molecule has 0 heterocycles. The molecule has 22 heteroatoms. The quantitative estimate of drug-likeness (QED) is 0.0670. The average molecular weight is 823 g/mol. The lowest BCUT2D eigenvalue weighted by Gasteiger charge is -2.26. The van der Waals surface area contributed by atoms with Gasteiger partial charge in [0.1, 0.15) is 50.9 Å². The Kier molecular flexibility index (Phi) is 19.8. The number of hydrogen-bond donors (Lipinski definition) is 1. The van der Waals surface area contributed by atoms with Crippen LogP contribution in [0.2, 0.25) is 0 Å². The van der Waals surface area contributed by atoms with E-state index in [0.29, 0.717) is 5.56 Å². The molecule has 0 spiro atoms. The molecule has 0 fully saturated rings. The van der Waals surface area contributed by atoms with Gasteiger partial charge < -0.3 is 62.3 Å². The number of anilines is 2. The Morgan fingerprint density at radius 3 is 1.14 bits per heavy atom. The van der Waals surface area contributed by atoms with Gasteiger partial charge in [-0.15, -0.1) is 0 Å². The maximum absolute atomic E-state index is 12.7. The number of carbonyl (C=O) groups excluding carboxylic acids is 8. The van der Waals surface area contributed by atoms with Crippen molar-refractivity contribution in [3.8, 4) is 11.5 Å². The van der Waals surface area contributed by atoms with E-state index >= 15 is 0 Å². The third-order valence-electron chi connectivity index (χ3n) is 6.81. The summed E-state index contributed by atoms with van der Waals surface area (Å²) in [6, 6.07) is 8.27. The highest BCUT2D eigenvalue weighted by molar-refractivity contribution is 5.90. The van der Waals surface area contributed by atoms with E-state index in [4.69, 9.17) is 28.4 Å². The fourth-order valence-electron chi connectivity index (χ4n) is 4.30. The normalized spacial score (nSPS) is 10.2. The molecule has 0 aliphatic heterocycles. The fraction of sp³-hybridized carbons (Fsp3) is 0.417. The molecule has 0 saturated carbocycles. The molecule has 0 bridgehead atoms. The minimum absolute atomic E-state index is 0.000761. The second kappa shape index (κ2) is 24.4. The summed E-state index contributed by atoms with van der Waals surface area (Å²) < 4.78 is 50.0. The van der Waals surface area contributed by atoms with Crippen molar-refractivity contribution in [2.24, 2.45) is 0 Å². The Labute approximate surface area is 330 Å². The summed E-state index contributed by atoms with van der Waals surface area (Å²) in [5.41, 5.74) is 0.620. The third-order valence-corrected chi connectivity index (χ3v) is 6.81. The molecule has 316 valence electrons. The molecule has 0 atom stereocenters. The summed E-state index contributed by atoms with van der Waals surface area (Å²) in [6.45, 7) is 0.208. The smallest absolute Gasteiger partial charge is 0.335 e. The van der Waals surface area contributed by atoms with Crippen LogP contribution >= 0.6 is 0 Å². The van der Waals surface area contributed by atoms with Gasteiger partial charge in [-0.25, -0.2) is 4.79 Å². The summed E-state index contributed by atoms with van der Waals surface area (Å²) in [6.07, 6.45) is 0. The number of esters is 8. The van der Waals surface area contributed by atoms with E-state index in [-0.39, 0.29) is 41.7 Å². The lowest BCUT2D eigenvalue weighted by atomic mass is 10.1. The van der Waals surface area contributed by atoms with E-state index in [1.54, 1.807) is 19.1 Å². The number of hydrogen-bond acceptors (Lipinski definition) is 21. The molecule has 2 aromatic rings. The van der Waals surface area contributed by atoms with Gasteiger partial charge >= 0.3 is 53.7 Å². The Hall–Kier alpha value is -7.13. The second-order valence-electron chi connectivity index (χ2n) is 11.4. The van der Waals surface area contributed by atoms with Crippen molar-refractivity contribution in [2.75, 3.05) is 76.4 Å². The topological polar surface area (TPSA) is 273 Å². The van der Waals surface area contributed by atoms with E-state index in [2.05, 4.69) is 18.9 Å². The van der Waals surface area contributed by atoms with Crippen LogP contribution in [-0.2, 0) is 76.3 Å². The van der Waals surface area contributed by atoms with E-state index in [1.807, 2.05) is 0 Å². The van der Waals surface area contributed by atoms with Crippen LogP contribution in [0, 0.1) is 6.92 Å². The average Bonchev–Trinajstić information content (AvgIpc) is 3.12. The molecule has 22 nitrogen and oxygen atoms in total. The number of carbonyl (C=O) groups is 9. The van der Waals surface area contributed by atoms with Crippen LogP contribution in [0.25, 0.3) is 0 Å². The summed E-state index contributed by atoms with van der Waals surface area (Å²) in [7, 11) is 0. The van der Waals surface area contributed by atoms with Crippen LogP contribution in [-0.4, -0.2) is 125 Å². The molecule has 58 heavy (non-hydrogen) atoms. The van der Waals surface area contributed by atoms with Gasteiger partial charge in [-0.3, -0.25) is 38.4 Å². The lowest BCUT2D eigenvalue weighted by molar-refractivity contribution is -0.167. The zero-order chi connectivity index (χ0) is 43.2. The monoisotopic (exact) mass is 822 g/mol. The molecule has 0 saturated heterocycles. The number of aromatic carboxylic acids is 1. The standard InChI is InChI=1S/C36H42N2O20/c1-22-6-8-28(37(14-32(43)55-18-51-23(2)39)15-33(44)56-19-52-24(3)40)30(12-22)49-10-11-50-31-13-27(36(47)48)7-9-29(31)38(16-34(45)57-20-53-25(4)41)17-35(46)58-21-54-26(5)42/h6-9,12-13H,10-11,14-21H2,1-5H3,(H,47,48). The maximum Gasteiger partial charge on any atom is 0.335 e. The van der Waals surface area contributed by atoms with Crippen LogP contribution in [0.15, 0.2) is 36.4 Å². The van der Waals surface area contributed by atoms with Crippen LogP contribution in [0.4, 0.5) is 11.4 Å². The predicted octanol–water partition coefficient (Wildman–Crippen LogP) is 1.02. The number of rotatable bonds is 24. The van der Waals surface area contributed by atoms with Crippen molar-refractivity contribution in [1.82, 2.24) is 0 Å². The minimum atomic E-state index is -1.34. The largest absolute Gasteiger partial charge is 0.488 e. The first-order valence-electron chi connectivity index (χ1n) is 16.8. The minimum Gasteiger partial charge on any atom is -0.488 e. The predicted molar refractivity (Wildman–Crippen MR) is 191 cm³/mol. The number of aryl methyl sites for hydroxylation is 1. The Morgan fingerprint density at radius 2 is 0.810 bits per heavy atom. The number of carboxylic acids is 1. The summed E-state index contributed by atoms with van der Waals surface area (Å²) in [4.78, 5) is 109. The summed E-state index contributed by atoms with van der Waals surface area (Å²) in [5.74, 6) is -8.03. The summed E-state index contributed by atoms with van der Waals surface area (Å²) >= 11 is 0. The van der Waals surface area contributed by atoms with Gasteiger partial charge in [0.25, 0.3) is 0 Å². The summed E-state index contributed by atoms with van der Waals surface area (Å²) in [5, 5.41) is 9.67. The Balaban J connectivity index is 2.36. The lowest BCUT2D eigenvalue weighted by Crippen LogP contribution is -2.37. The second-order valence-corrected chi connectivity index (χ2v) is 11.4. The first kappa shape index (κ1) is 47.0. The van der Waals surface area contributed by atoms with Crippen LogP contribution < -0.4 is 19.3 Å². The van der Waals surface area contributed by atoms with Gasteiger partial charge in [0, 0.05) is 27.7 Å². The molecule has 2 aromatic carbocycles. The Morgan fingerprint density at radius 1 is 0.483 bits per heavy atom. The van der Waals surface area contributed by atoms with E-state index < -0.39 is 107 Å². The first-order valence-corrected chi connectivity index (χ1v) is 16.8. The van der Waals surface area contributed by atoms with Crippen molar-refractivity contribution < 1.29 is 95.6 Å². The number of benzene rings is 2. The molecule has 0 unspecified atom stereocenters. The van der Waals surface area contributed by atoms with Crippen molar-refractivity contribution in [3.05, 3.63) is 47.5 Å². The zero-order valence-electron chi connectivity index (χ0n) is 32.1. The molecule has 0 amide bonds. The highest BCUT2D eigenvalue weighted by Crippen LogP contribution is 2.32. The number of nitrogens with zero attached hydrogens (tertiary/aromatic N) is 2. The van der Waals surface area contributed by atoms with Crippen molar-refractivity contribution in [3.63, 3.8) is 0 Å². The van der Waals surface area contributed by atoms with E-state index in [9.17, 15) is 48.3 Å². The van der Waals surface area contributed by atoms with Crippen molar-refractivity contribution in [2.45, 2.75) is 34.6 Å². The van der Waals surface area contributed by atoms with Gasteiger partial charge in [-0.1, -0.05) is 6.07 Å². The first-order chi connectivity index (χ1) is 27.4. The van der Waals surface area contributed by atoms with E-state index in [1.165, 1.54) is 23.1 Å². The van der Waals surface area contributed by atoms with Crippen molar-refractivity contribution >= 4 is 65.1 Å². The SMILES string of the molecule is CC(=O)OCOC(=O)CN(CC(=O)OCOC(C)=O)c1ccc(C)cc1OCCOc1cc(C(=O)O)ccc1N(CC(=O)OCOC(C)=O)CC(=O)OCOC(C)=O. The molecule has 0 aliphatic rings. The molecular formula is C36H42N2O20. The van der Waals surface area contributed by atoms with Crippen molar-refractivity contribution in [1.29, 1.82) is 0 Å². The maximum atomic E-state index is 12.7. The van der Waals surface area contributed by atoms with Gasteiger partial charge in [0.2, 0.25) is 27.2 Å². The number of ether oxygens (including phenoxy) is 10. The molecule has 1 N–H and O–H groups in total. The molecule has 0 aliphatic carbocycles. The highest BCUT2D eigenvalue weighted by atomic mass is 16.7. The Bertz CT molecular complexity index is 1740. The highest BCUT2D eigenvalue weighted by Gasteiger charge is 2.24. The molecule has 0 aromatic heterocycles. The van der Waals surface area contributed by atoms with Crippen LogP contribution in [0.1, 0.15) is 43.6 Å². The van der Waals surface area contributed by atoms with E-state index in [0.717, 1.165) is 38.7 Å². The fourth-order valence-corrected chi connectivity index (χ4v) is 4.30. The van der Waals surface area contributed by atoms with Gasteiger partial charge in [0.15, 0.2) is 0 Å². The zero-order valence-corrected chi connectivity index (χ0v) is 32.1. The van der Waals surface area contributed by atoms with Gasteiger partial charge in [0.05, 0.1) is 16.9 Å². The third kappa shape index (κ3) is 18.5. The van der Waals surface area contributed by atoms with Crippen LogP contribution in [0.5, 0.6) is 11.5 Å². The van der Waals surface area contributed by atoms with Gasteiger partial charge in [-0.05, 0) is 42.8 Å².